The molecule has 0 aromatic carbocycles. The number of anilines is 2. The maximum atomic E-state index is 11.2. The molecule has 2 aromatic heterocycles. The Balaban J connectivity index is 2.24. The number of rotatable bonds is 5. The van der Waals surface area contributed by atoms with Gasteiger partial charge in [-0.2, -0.15) is 10.1 Å². The molecule has 0 aliphatic carbocycles. The summed E-state index contributed by atoms with van der Waals surface area (Å²) in [6, 6.07) is 1.71. The van der Waals surface area contributed by atoms with Crippen LogP contribution in [0.2, 0.25) is 0 Å². The molecular formula is C13H17N5O3. The van der Waals surface area contributed by atoms with Gasteiger partial charge in [0.05, 0.1) is 19.0 Å². The number of aromatic nitrogens is 4. The first-order chi connectivity index (χ1) is 9.82. The summed E-state index contributed by atoms with van der Waals surface area (Å²) in [5, 5.41) is 16.2. The van der Waals surface area contributed by atoms with Gasteiger partial charge >= 0.3 is 5.97 Å². The Morgan fingerprint density at radius 2 is 2.14 bits per heavy atom. The first-order valence-electron chi connectivity index (χ1n) is 6.28. The zero-order chi connectivity index (χ0) is 15.6. The third-order valence-electron chi connectivity index (χ3n) is 2.97. The lowest BCUT2D eigenvalue weighted by Crippen LogP contribution is -2.35. The van der Waals surface area contributed by atoms with E-state index in [9.17, 15) is 9.90 Å². The summed E-state index contributed by atoms with van der Waals surface area (Å²) >= 11 is 0. The minimum Gasteiger partial charge on any atom is -0.481 e. The van der Waals surface area contributed by atoms with Gasteiger partial charge in [-0.1, -0.05) is 0 Å². The minimum atomic E-state index is -1.13. The number of nitrogens with zero attached hydrogens (tertiary/aromatic N) is 4. The van der Waals surface area contributed by atoms with E-state index in [1.807, 2.05) is 6.92 Å². The number of hydrogen-bond donors (Lipinski definition) is 2. The molecule has 2 heterocycles. The summed E-state index contributed by atoms with van der Waals surface area (Å²) in [4.78, 5) is 19.6. The van der Waals surface area contributed by atoms with E-state index in [1.54, 1.807) is 26.1 Å². The fourth-order valence-electron chi connectivity index (χ4n) is 1.62. The SMILES string of the molecule is COc1cc(C)nc(Nc2cnn(C(C)(C)C(=O)O)c2)n1. The number of carboxylic acid groups (broad SMARTS) is 1. The highest BCUT2D eigenvalue weighted by molar-refractivity contribution is 5.75. The monoisotopic (exact) mass is 291 g/mol. The molecule has 2 rings (SSSR count). The number of aliphatic carboxylic acids is 1. The molecule has 0 unspecified atom stereocenters. The van der Waals surface area contributed by atoms with Gasteiger partial charge in [-0.3, -0.25) is 4.68 Å². The van der Waals surface area contributed by atoms with Gasteiger partial charge in [0.2, 0.25) is 11.8 Å². The van der Waals surface area contributed by atoms with Crippen LogP contribution in [0.4, 0.5) is 11.6 Å². The summed E-state index contributed by atoms with van der Waals surface area (Å²) < 4.78 is 6.44. The van der Waals surface area contributed by atoms with Crippen molar-refractivity contribution in [1.82, 2.24) is 19.7 Å². The Morgan fingerprint density at radius 3 is 2.76 bits per heavy atom. The lowest BCUT2D eigenvalue weighted by Gasteiger charge is -2.19. The molecule has 112 valence electrons. The second-order valence-electron chi connectivity index (χ2n) is 5.04. The highest BCUT2D eigenvalue weighted by Crippen LogP contribution is 2.20. The lowest BCUT2D eigenvalue weighted by molar-refractivity contribution is -0.146. The van der Waals surface area contributed by atoms with Crippen LogP contribution in [0.3, 0.4) is 0 Å². The molecule has 0 spiro atoms. The van der Waals surface area contributed by atoms with E-state index < -0.39 is 11.5 Å². The largest absolute Gasteiger partial charge is 0.481 e. The molecule has 21 heavy (non-hydrogen) atoms. The van der Waals surface area contributed by atoms with E-state index in [4.69, 9.17) is 4.74 Å². The van der Waals surface area contributed by atoms with Gasteiger partial charge in [0, 0.05) is 18.0 Å². The van der Waals surface area contributed by atoms with Gasteiger partial charge in [-0.25, -0.2) is 9.78 Å². The highest BCUT2D eigenvalue weighted by Gasteiger charge is 2.30. The first-order valence-corrected chi connectivity index (χ1v) is 6.28. The molecule has 2 N–H and O–H groups in total. The molecule has 8 heteroatoms. The predicted molar refractivity (Wildman–Crippen MR) is 75.8 cm³/mol. The van der Waals surface area contributed by atoms with Crippen molar-refractivity contribution in [3.8, 4) is 5.88 Å². The van der Waals surface area contributed by atoms with Crippen LogP contribution in [0.15, 0.2) is 18.5 Å². The normalized spacial score (nSPS) is 11.2. The van der Waals surface area contributed by atoms with Crippen molar-refractivity contribution in [1.29, 1.82) is 0 Å². The molecular weight excluding hydrogens is 274 g/mol. The standard InChI is InChI=1S/C13H17N5O3/c1-8-5-10(21-4)17-12(15-8)16-9-6-14-18(7-9)13(2,3)11(19)20/h5-7H,1-4H3,(H,19,20)(H,15,16,17). The topological polar surface area (TPSA) is 102 Å². The van der Waals surface area contributed by atoms with Gasteiger partial charge in [-0.15, -0.1) is 0 Å². The van der Waals surface area contributed by atoms with Crippen molar-refractivity contribution in [3.63, 3.8) is 0 Å². The second-order valence-corrected chi connectivity index (χ2v) is 5.04. The smallest absolute Gasteiger partial charge is 0.331 e. The van der Waals surface area contributed by atoms with Gasteiger partial charge in [0.25, 0.3) is 0 Å². The van der Waals surface area contributed by atoms with Crippen LogP contribution in [-0.2, 0) is 10.3 Å². The number of carbonyl (C=O) groups is 1. The number of methoxy groups -OCH3 is 1. The maximum absolute atomic E-state index is 11.2. The number of ether oxygens (including phenoxy) is 1. The number of aryl methyl sites for hydroxylation is 1. The Kier molecular flexibility index (Phi) is 3.79. The third-order valence-corrected chi connectivity index (χ3v) is 2.97. The average molecular weight is 291 g/mol. The summed E-state index contributed by atoms with van der Waals surface area (Å²) in [5.74, 6) is -0.159. The van der Waals surface area contributed by atoms with E-state index >= 15 is 0 Å². The predicted octanol–water partition coefficient (Wildman–Crippen LogP) is 1.55. The van der Waals surface area contributed by atoms with Crippen molar-refractivity contribution in [2.45, 2.75) is 26.3 Å². The van der Waals surface area contributed by atoms with Crippen molar-refractivity contribution in [2.75, 3.05) is 12.4 Å². The molecule has 0 amide bonds. The number of carboxylic acids is 1. The van der Waals surface area contributed by atoms with Crippen LogP contribution < -0.4 is 10.1 Å². The van der Waals surface area contributed by atoms with Crippen LogP contribution in [-0.4, -0.2) is 37.9 Å². The van der Waals surface area contributed by atoms with E-state index in [2.05, 4.69) is 20.4 Å². The maximum Gasteiger partial charge on any atom is 0.331 e. The Hall–Kier alpha value is -2.64. The molecule has 0 atom stereocenters. The van der Waals surface area contributed by atoms with Crippen LogP contribution in [0.5, 0.6) is 5.88 Å². The summed E-state index contributed by atoms with van der Waals surface area (Å²) in [6.45, 7) is 4.96. The van der Waals surface area contributed by atoms with Crippen molar-refractivity contribution in [3.05, 3.63) is 24.2 Å². The first kappa shape index (κ1) is 14.8. The van der Waals surface area contributed by atoms with Crippen LogP contribution >= 0.6 is 0 Å². The van der Waals surface area contributed by atoms with E-state index in [1.165, 1.54) is 18.0 Å². The lowest BCUT2D eigenvalue weighted by atomic mass is 10.1. The Bertz CT molecular complexity index is 666. The molecule has 0 aliphatic heterocycles. The van der Waals surface area contributed by atoms with Crippen LogP contribution in [0.1, 0.15) is 19.5 Å². The summed E-state index contributed by atoms with van der Waals surface area (Å²) in [5.41, 5.74) is 0.213. The zero-order valence-electron chi connectivity index (χ0n) is 12.3. The molecule has 0 fully saturated rings. The molecule has 0 bridgehead atoms. The fourth-order valence-corrected chi connectivity index (χ4v) is 1.62. The Morgan fingerprint density at radius 1 is 1.43 bits per heavy atom. The third kappa shape index (κ3) is 3.10. The molecule has 0 saturated carbocycles. The molecule has 8 nitrogen and oxygen atoms in total. The molecule has 2 aromatic rings. The minimum absolute atomic E-state index is 0.361. The Labute approximate surface area is 121 Å². The highest BCUT2D eigenvalue weighted by atomic mass is 16.5. The van der Waals surface area contributed by atoms with Gasteiger partial charge in [0.15, 0.2) is 5.54 Å². The van der Waals surface area contributed by atoms with E-state index in [0.717, 1.165) is 5.69 Å². The van der Waals surface area contributed by atoms with Crippen molar-refractivity contribution < 1.29 is 14.6 Å². The van der Waals surface area contributed by atoms with Gasteiger partial charge in [0.1, 0.15) is 0 Å². The summed E-state index contributed by atoms with van der Waals surface area (Å²) in [6.07, 6.45) is 3.11. The number of hydrogen-bond acceptors (Lipinski definition) is 6. The molecule has 0 saturated heterocycles. The quantitative estimate of drug-likeness (QED) is 0.861. The van der Waals surface area contributed by atoms with Crippen molar-refractivity contribution in [2.24, 2.45) is 0 Å². The van der Waals surface area contributed by atoms with Crippen LogP contribution in [0.25, 0.3) is 0 Å². The van der Waals surface area contributed by atoms with Crippen molar-refractivity contribution >= 4 is 17.6 Å². The number of nitrogens with one attached hydrogen (secondary N) is 1. The zero-order valence-corrected chi connectivity index (χ0v) is 12.3. The average Bonchev–Trinajstić information content (AvgIpc) is 2.86. The van der Waals surface area contributed by atoms with E-state index in [0.29, 0.717) is 17.5 Å². The van der Waals surface area contributed by atoms with Gasteiger partial charge in [-0.05, 0) is 20.8 Å². The van der Waals surface area contributed by atoms with E-state index in [-0.39, 0.29) is 0 Å². The summed E-state index contributed by atoms with van der Waals surface area (Å²) in [7, 11) is 1.53. The van der Waals surface area contributed by atoms with Gasteiger partial charge < -0.3 is 15.2 Å². The second kappa shape index (κ2) is 5.39. The molecule has 0 radical (unpaired) electrons. The van der Waals surface area contributed by atoms with Crippen LogP contribution in [0, 0.1) is 6.92 Å². The molecule has 0 aliphatic rings. The fraction of sp³-hybridized carbons (Fsp3) is 0.385.